The maximum Gasteiger partial charge on any atom is 0.269 e. The van der Waals surface area contributed by atoms with E-state index >= 15 is 0 Å². The third-order valence-electron chi connectivity index (χ3n) is 2.41. The highest BCUT2D eigenvalue weighted by atomic mass is 16.2. The fraction of sp³-hybridized carbons (Fsp3) is 0.417. The lowest BCUT2D eigenvalue weighted by Crippen LogP contribution is -2.47. The molecule has 16 heavy (non-hydrogen) atoms. The molecule has 1 aromatic carbocycles. The molecule has 1 rings (SSSR count). The number of unbranched alkanes of at least 4 members (excludes halogenated alkanes) is 2. The molecule has 0 fully saturated rings. The number of carbonyl (C=O) groups excluding carboxylic acids is 1. The summed E-state index contributed by atoms with van der Waals surface area (Å²) in [7, 11) is 0. The molecule has 0 aliphatic carbocycles. The van der Waals surface area contributed by atoms with E-state index in [-0.39, 0.29) is 5.91 Å². The Kier molecular flexibility index (Phi) is 5.53. The number of hydrogen-bond donors (Lipinski definition) is 2. The Morgan fingerprint density at radius 1 is 1.31 bits per heavy atom. The summed E-state index contributed by atoms with van der Waals surface area (Å²) in [6, 6.07) is 9.13. The molecule has 0 radical (unpaired) electrons. The highest BCUT2D eigenvalue weighted by Crippen LogP contribution is 2.04. The van der Waals surface area contributed by atoms with E-state index in [0.29, 0.717) is 12.1 Å². The first-order chi connectivity index (χ1) is 7.79. The van der Waals surface area contributed by atoms with Crippen LogP contribution < -0.4 is 11.4 Å². The first-order valence-electron chi connectivity index (χ1n) is 5.62. The molecule has 0 spiro atoms. The number of hydrogen-bond acceptors (Lipinski definition) is 3. The smallest absolute Gasteiger partial charge is 0.268 e. The van der Waals surface area contributed by atoms with Crippen LogP contribution in [0, 0.1) is 0 Å². The van der Waals surface area contributed by atoms with Gasteiger partial charge in [0.1, 0.15) is 0 Å². The molecule has 88 valence electrons. The number of hydrazine groups is 2. The molecule has 0 aromatic heterocycles. The Balaban J connectivity index is 2.56. The molecule has 0 saturated heterocycles. The average molecular weight is 221 g/mol. The first kappa shape index (κ1) is 12.7. The predicted octanol–water partition coefficient (Wildman–Crippen LogP) is 1.70. The molecule has 3 N–H and O–H groups in total. The van der Waals surface area contributed by atoms with E-state index in [2.05, 4.69) is 12.5 Å². The molecule has 0 saturated carbocycles. The molecule has 0 aliphatic rings. The molecule has 0 bridgehead atoms. The zero-order valence-corrected chi connectivity index (χ0v) is 9.65. The van der Waals surface area contributed by atoms with Crippen LogP contribution in [-0.4, -0.2) is 17.5 Å². The van der Waals surface area contributed by atoms with E-state index < -0.39 is 0 Å². The third-order valence-corrected chi connectivity index (χ3v) is 2.41. The van der Waals surface area contributed by atoms with Gasteiger partial charge in [-0.1, -0.05) is 38.0 Å². The quantitative estimate of drug-likeness (QED) is 0.436. The van der Waals surface area contributed by atoms with Gasteiger partial charge >= 0.3 is 0 Å². The number of nitrogens with two attached hydrogens (primary N) is 1. The fourth-order valence-electron chi connectivity index (χ4n) is 1.48. The van der Waals surface area contributed by atoms with Crippen LogP contribution in [0.1, 0.15) is 36.5 Å². The molecule has 4 heteroatoms. The van der Waals surface area contributed by atoms with E-state index in [9.17, 15) is 4.79 Å². The monoisotopic (exact) mass is 221 g/mol. The van der Waals surface area contributed by atoms with Crippen LogP contribution in [0.15, 0.2) is 30.3 Å². The standard InChI is InChI=1S/C12H19N3O/c1-2-3-7-10-15(14-13)12(16)11-8-5-4-6-9-11/h4-6,8-9,14H,2-3,7,10,13H2,1H3. The van der Waals surface area contributed by atoms with Crippen LogP contribution in [0.4, 0.5) is 0 Å². The lowest BCUT2D eigenvalue weighted by molar-refractivity contribution is 0.0655. The van der Waals surface area contributed by atoms with Gasteiger partial charge in [-0.2, -0.15) is 5.53 Å². The second kappa shape index (κ2) is 6.98. The highest BCUT2D eigenvalue weighted by molar-refractivity contribution is 5.93. The summed E-state index contributed by atoms with van der Waals surface area (Å²) in [6.45, 7) is 2.76. The number of carbonyl (C=O) groups is 1. The van der Waals surface area contributed by atoms with Crippen LogP contribution in [0.2, 0.25) is 0 Å². The van der Waals surface area contributed by atoms with Crippen LogP contribution in [0.3, 0.4) is 0 Å². The first-order valence-corrected chi connectivity index (χ1v) is 5.62. The Hall–Kier alpha value is -1.39. The van der Waals surface area contributed by atoms with Crippen LogP contribution in [-0.2, 0) is 0 Å². The van der Waals surface area contributed by atoms with Gasteiger partial charge in [-0.3, -0.25) is 15.6 Å². The van der Waals surface area contributed by atoms with Crippen LogP contribution in [0.25, 0.3) is 0 Å². The zero-order chi connectivity index (χ0) is 11.8. The van der Waals surface area contributed by atoms with E-state index in [1.807, 2.05) is 18.2 Å². The third kappa shape index (κ3) is 3.64. The maximum atomic E-state index is 12.0. The van der Waals surface area contributed by atoms with Crippen molar-refractivity contribution < 1.29 is 4.79 Å². The Morgan fingerprint density at radius 2 is 2.00 bits per heavy atom. The van der Waals surface area contributed by atoms with Crippen LogP contribution in [0.5, 0.6) is 0 Å². The number of amides is 1. The molecule has 1 amide bonds. The van der Waals surface area contributed by atoms with Gasteiger partial charge in [0, 0.05) is 12.1 Å². The zero-order valence-electron chi connectivity index (χ0n) is 9.65. The Labute approximate surface area is 96.4 Å². The van der Waals surface area contributed by atoms with Crippen molar-refractivity contribution in [1.29, 1.82) is 0 Å². The Bertz CT molecular complexity index is 313. The van der Waals surface area contributed by atoms with E-state index in [4.69, 9.17) is 5.84 Å². The topological polar surface area (TPSA) is 58.4 Å². The van der Waals surface area contributed by atoms with Gasteiger partial charge in [-0.05, 0) is 18.6 Å². The molecule has 1 aromatic rings. The predicted molar refractivity (Wildman–Crippen MR) is 64.3 cm³/mol. The van der Waals surface area contributed by atoms with E-state index in [1.54, 1.807) is 12.1 Å². The minimum absolute atomic E-state index is 0.0841. The second-order valence-electron chi connectivity index (χ2n) is 3.66. The van der Waals surface area contributed by atoms with Crippen molar-refractivity contribution in [3.05, 3.63) is 35.9 Å². The van der Waals surface area contributed by atoms with Crippen molar-refractivity contribution >= 4 is 5.91 Å². The van der Waals surface area contributed by atoms with Gasteiger partial charge in [0.05, 0.1) is 0 Å². The molecule has 0 atom stereocenters. The van der Waals surface area contributed by atoms with Crippen molar-refractivity contribution in [2.24, 2.45) is 5.84 Å². The maximum absolute atomic E-state index is 12.0. The largest absolute Gasteiger partial charge is 0.269 e. The highest BCUT2D eigenvalue weighted by Gasteiger charge is 2.13. The van der Waals surface area contributed by atoms with Crippen molar-refractivity contribution in [2.75, 3.05) is 6.54 Å². The summed E-state index contributed by atoms with van der Waals surface area (Å²) in [5, 5.41) is 1.45. The van der Waals surface area contributed by atoms with Gasteiger partial charge in [0.2, 0.25) is 0 Å². The van der Waals surface area contributed by atoms with Crippen LogP contribution >= 0.6 is 0 Å². The number of benzene rings is 1. The molecular weight excluding hydrogens is 202 g/mol. The SMILES string of the molecule is CCCCCN(NN)C(=O)c1ccccc1. The molecule has 0 heterocycles. The lowest BCUT2D eigenvalue weighted by atomic mass is 10.2. The number of nitrogens with zero attached hydrogens (tertiary/aromatic N) is 1. The molecule has 0 aliphatic heterocycles. The van der Waals surface area contributed by atoms with Gasteiger partial charge < -0.3 is 0 Å². The fourth-order valence-corrected chi connectivity index (χ4v) is 1.48. The van der Waals surface area contributed by atoms with E-state index in [1.165, 1.54) is 5.01 Å². The summed E-state index contributed by atoms with van der Waals surface area (Å²) < 4.78 is 0. The second-order valence-corrected chi connectivity index (χ2v) is 3.66. The summed E-state index contributed by atoms with van der Waals surface area (Å²) in [5.74, 6) is 5.26. The van der Waals surface area contributed by atoms with Gasteiger partial charge in [0.15, 0.2) is 0 Å². The molecular formula is C12H19N3O. The van der Waals surface area contributed by atoms with Crippen molar-refractivity contribution in [3.63, 3.8) is 0 Å². The van der Waals surface area contributed by atoms with Crippen molar-refractivity contribution in [3.8, 4) is 0 Å². The lowest BCUT2D eigenvalue weighted by Gasteiger charge is -2.20. The summed E-state index contributed by atoms with van der Waals surface area (Å²) >= 11 is 0. The summed E-state index contributed by atoms with van der Waals surface area (Å²) in [5.41, 5.74) is 3.09. The normalized spacial score (nSPS) is 10.1. The van der Waals surface area contributed by atoms with Gasteiger partial charge in [0.25, 0.3) is 5.91 Å². The van der Waals surface area contributed by atoms with E-state index in [0.717, 1.165) is 19.3 Å². The van der Waals surface area contributed by atoms with Gasteiger partial charge in [-0.15, -0.1) is 0 Å². The van der Waals surface area contributed by atoms with Crippen molar-refractivity contribution in [2.45, 2.75) is 26.2 Å². The molecule has 4 nitrogen and oxygen atoms in total. The summed E-state index contributed by atoms with van der Waals surface area (Å²) in [4.78, 5) is 12.0. The minimum Gasteiger partial charge on any atom is -0.268 e. The molecule has 0 unspecified atom stereocenters. The minimum atomic E-state index is -0.0841. The summed E-state index contributed by atoms with van der Waals surface area (Å²) in [6.07, 6.45) is 3.18. The number of nitrogens with one attached hydrogen (secondary N) is 1. The Morgan fingerprint density at radius 3 is 2.56 bits per heavy atom. The number of rotatable bonds is 6. The average Bonchev–Trinajstić information content (AvgIpc) is 2.35. The van der Waals surface area contributed by atoms with Crippen molar-refractivity contribution in [1.82, 2.24) is 10.5 Å². The van der Waals surface area contributed by atoms with Gasteiger partial charge in [-0.25, -0.2) is 0 Å².